The number of hydrogen-bond acceptors (Lipinski definition) is 2. The topological polar surface area (TPSA) is 24.9 Å². The molecule has 0 radical (unpaired) electrons. The smallest absolute Gasteiger partial charge is 0.163 e. The van der Waals surface area contributed by atoms with Gasteiger partial charge in [0.15, 0.2) is 11.6 Å². The Bertz CT molecular complexity index is 514. The summed E-state index contributed by atoms with van der Waals surface area (Å²) in [5.74, 6) is -1.61. The SMILES string of the molecule is CC(NCc1cccc(F)c1F)c1ccccn1. The van der Waals surface area contributed by atoms with Crippen LogP contribution in [0.15, 0.2) is 42.6 Å². The zero-order valence-electron chi connectivity index (χ0n) is 10.0. The highest BCUT2D eigenvalue weighted by atomic mass is 19.2. The molecule has 0 saturated heterocycles. The van der Waals surface area contributed by atoms with E-state index in [1.165, 1.54) is 6.07 Å². The van der Waals surface area contributed by atoms with Crippen LogP contribution in [0.5, 0.6) is 0 Å². The lowest BCUT2D eigenvalue weighted by Gasteiger charge is -2.13. The summed E-state index contributed by atoms with van der Waals surface area (Å²) in [4.78, 5) is 4.20. The molecule has 0 aliphatic carbocycles. The van der Waals surface area contributed by atoms with Crippen molar-refractivity contribution in [2.24, 2.45) is 0 Å². The van der Waals surface area contributed by atoms with Crippen LogP contribution in [0.2, 0.25) is 0 Å². The van der Waals surface area contributed by atoms with Crippen LogP contribution in [-0.2, 0) is 6.54 Å². The van der Waals surface area contributed by atoms with Crippen molar-refractivity contribution in [1.82, 2.24) is 10.3 Å². The first kappa shape index (κ1) is 12.6. The normalized spacial score (nSPS) is 12.4. The van der Waals surface area contributed by atoms with Crippen molar-refractivity contribution in [2.75, 3.05) is 0 Å². The van der Waals surface area contributed by atoms with E-state index in [1.54, 1.807) is 12.3 Å². The number of benzene rings is 1. The molecule has 1 heterocycles. The van der Waals surface area contributed by atoms with Gasteiger partial charge in [0, 0.05) is 24.3 Å². The molecule has 0 amide bonds. The highest BCUT2D eigenvalue weighted by Gasteiger charge is 2.10. The van der Waals surface area contributed by atoms with Crippen molar-refractivity contribution in [3.63, 3.8) is 0 Å². The van der Waals surface area contributed by atoms with E-state index in [0.29, 0.717) is 5.56 Å². The molecule has 1 aromatic heterocycles. The minimum absolute atomic E-state index is 0.0196. The maximum absolute atomic E-state index is 13.4. The third kappa shape index (κ3) is 2.90. The molecule has 1 atom stereocenters. The summed E-state index contributed by atoms with van der Waals surface area (Å²) in [6.07, 6.45) is 1.70. The molecule has 0 aliphatic rings. The summed E-state index contributed by atoms with van der Waals surface area (Å²) in [6.45, 7) is 2.20. The molecule has 1 aromatic carbocycles. The molecule has 4 heteroatoms. The number of pyridine rings is 1. The van der Waals surface area contributed by atoms with Crippen molar-refractivity contribution in [3.8, 4) is 0 Å². The van der Waals surface area contributed by atoms with E-state index in [2.05, 4.69) is 10.3 Å². The van der Waals surface area contributed by atoms with E-state index in [4.69, 9.17) is 0 Å². The summed E-state index contributed by atoms with van der Waals surface area (Å²) in [5.41, 5.74) is 1.19. The van der Waals surface area contributed by atoms with Crippen molar-refractivity contribution in [2.45, 2.75) is 19.5 Å². The molecule has 0 fully saturated rings. The highest BCUT2D eigenvalue weighted by Crippen LogP contribution is 2.13. The van der Waals surface area contributed by atoms with Crippen molar-refractivity contribution in [3.05, 3.63) is 65.5 Å². The van der Waals surface area contributed by atoms with E-state index in [0.717, 1.165) is 11.8 Å². The maximum atomic E-state index is 13.4. The average molecular weight is 248 g/mol. The molecule has 0 spiro atoms. The number of nitrogens with one attached hydrogen (secondary N) is 1. The molecular weight excluding hydrogens is 234 g/mol. The molecule has 2 aromatic rings. The highest BCUT2D eigenvalue weighted by molar-refractivity contribution is 5.19. The van der Waals surface area contributed by atoms with E-state index < -0.39 is 11.6 Å². The number of rotatable bonds is 4. The maximum Gasteiger partial charge on any atom is 0.163 e. The zero-order valence-corrected chi connectivity index (χ0v) is 10.0. The lowest BCUT2D eigenvalue weighted by Crippen LogP contribution is -2.19. The lowest BCUT2D eigenvalue weighted by atomic mass is 10.1. The second kappa shape index (κ2) is 5.69. The van der Waals surface area contributed by atoms with E-state index >= 15 is 0 Å². The van der Waals surface area contributed by atoms with Crippen LogP contribution in [0.1, 0.15) is 24.2 Å². The lowest BCUT2D eigenvalue weighted by molar-refractivity contribution is 0.483. The molecule has 2 nitrogen and oxygen atoms in total. The predicted molar refractivity (Wildman–Crippen MR) is 65.8 cm³/mol. The Kier molecular flexibility index (Phi) is 3.99. The van der Waals surface area contributed by atoms with Gasteiger partial charge in [-0.2, -0.15) is 0 Å². The Hall–Kier alpha value is -1.81. The van der Waals surface area contributed by atoms with Gasteiger partial charge in [0.25, 0.3) is 0 Å². The molecule has 1 unspecified atom stereocenters. The largest absolute Gasteiger partial charge is 0.305 e. The Labute approximate surface area is 105 Å². The molecule has 0 bridgehead atoms. The molecule has 94 valence electrons. The van der Waals surface area contributed by atoms with E-state index in [1.807, 2.05) is 25.1 Å². The molecule has 0 saturated carbocycles. The molecule has 0 aliphatic heterocycles. The van der Waals surface area contributed by atoms with Crippen LogP contribution in [0.25, 0.3) is 0 Å². The third-order valence-electron chi connectivity index (χ3n) is 2.76. The average Bonchev–Trinajstić information content (AvgIpc) is 2.41. The minimum Gasteiger partial charge on any atom is -0.305 e. The Morgan fingerprint density at radius 1 is 1.17 bits per heavy atom. The van der Waals surface area contributed by atoms with Crippen LogP contribution >= 0.6 is 0 Å². The van der Waals surface area contributed by atoms with Gasteiger partial charge in [-0.05, 0) is 25.1 Å². The van der Waals surface area contributed by atoms with E-state index in [-0.39, 0.29) is 12.6 Å². The van der Waals surface area contributed by atoms with Gasteiger partial charge < -0.3 is 5.32 Å². The van der Waals surface area contributed by atoms with Gasteiger partial charge in [0.05, 0.1) is 5.69 Å². The van der Waals surface area contributed by atoms with Crippen LogP contribution in [-0.4, -0.2) is 4.98 Å². The molecule has 1 N–H and O–H groups in total. The van der Waals surface area contributed by atoms with Crippen LogP contribution in [0, 0.1) is 11.6 Å². The van der Waals surface area contributed by atoms with Crippen molar-refractivity contribution >= 4 is 0 Å². The van der Waals surface area contributed by atoms with Crippen LogP contribution < -0.4 is 5.32 Å². The van der Waals surface area contributed by atoms with Gasteiger partial charge in [0.2, 0.25) is 0 Å². The fraction of sp³-hybridized carbons (Fsp3) is 0.214. The predicted octanol–water partition coefficient (Wildman–Crippen LogP) is 3.21. The summed E-state index contributed by atoms with van der Waals surface area (Å²) in [5, 5.41) is 3.11. The summed E-state index contributed by atoms with van der Waals surface area (Å²) in [6, 6.07) is 9.78. The first-order valence-electron chi connectivity index (χ1n) is 5.75. The quantitative estimate of drug-likeness (QED) is 0.898. The van der Waals surface area contributed by atoms with E-state index in [9.17, 15) is 8.78 Å². The number of nitrogens with zero attached hydrogens (tertiary/aromatic N) is 1. The fourth-order valence-corrected chi connectivity index (χ4v) is 1.68. The van der Waals surface area contributed by atoms with Gasteiger partial charge in [-0.15, -0.1) is 0 Å². The first-order valence-corrected chi connectivity index (χ1v) is 5.75. The second-order valence-corrected chi connectivity index (χ2v) is 4.07. The molecule has 2 rings (SSSR count). The molecular formula is C14H14F2N2. The third-order valence-corrected chi connectivity index (χ3v) is 2.76. The van der Waals surface area contributed by atoms with Crippen LogP contribution in [0.4, 0.5) is 8.78 Å². The van der Waals surface area contributed by atoms with Crippen molar-refractivity contribution < 1.29 is 8.78 Å². The van der Waals surface area contributed by atoms with Gasteiger partial charge in [-0.1, -0.05) is 18.2 Å². The van der Waals surface area contributed by atoms with Gasteiger partial charge in [0.1, 0.15) is 0 Å². The first-order chi connectivity index (χ1) is 8.68. The van der Waals surface area contributed by atoms with Crippen molar-refractivity contribution in [1.29, 1.82) is 0 Å². The van der Waals surface area contributed by atoms with Gasteiger partial charge in [-0.25, -0.2) is 8.78 Å². The fourth-order valence-electron chi connectivity index (χ4n) is 1.68. The number of aromatic nitrogens is 1. The summed E-state index contributed by atoms with van der Waals surface area (Å²) in [7, 11) is 0. The monoisotopic (exact) mass is 248 g/mol. The summed E-state index contributed by atoms with van der Waals surface area (Å²) < 4.78 is 26.4. The number of hydrogen-bond donors (Lipinski definition) is 1. The minimum atomic E-state index is -0.820. The zero-order chi connectivity index (χ0) is 13.0. The van der Waals surface area contributed by atoms with Gasteiger partial charge >= 0.3 is 0 Å². The Morgan fingerprint density at radius 3 is 2.72 bits per heavy atom. The van der Waals surface area contributed by atoms with Crippen LogP contribution in [0.3, 0.4) is 0 Å². The second-order valence-electron chi connectivity index (χ2n) is 4.07. The Balaban J connectivity index is 2.02. The number of halogens is 2. The van der Waals surface area contributed by atoms with Gasteiger partial charge in [-0.3, -0.25) is 4.98 Å². The Morgan fingerprint density at radius 2 is 2.00 bits per heavy atom. The molecule has 18 heavy (non-hydrogen) atoms. The standard InChI is InChI=1S/C14H14F2N2/c1-10(13-7-2-3-8-17-13)18-9-11-5-4-6-12(15)14(11)16/h2-8,10,18H,9H2,1H3. The summed E-state index contributed by atoms with van der Waals surface area (Å²) >= 11 is 0.